The van der Waals surface area contributed by atoms with Crippen LogP contribution in [-0.2, 0) is 16.0 Å². The van der Waals surface area contributed by atoms with Crippen LogP contribution in [0, 0.1) is 0 Å². The average molecular weight is 336 g/mol. The van der Waals surface area contributed by atoms with Crippen LogP contribution in [-0.4, -0.2) is 42.6 Å². The summed E-state index contributed by atoms with van der Waals surface area (Å²) in [4.78, 5) is 14.6. The number of nitrogens with one attached hydrogen (secondary N) is 1. The first-order valence-electron chi connectivity index (χ1n) is 8.91. The molecule has 2 aliphatic heterocycles. The molecule has 1 amide bonds. The number of fused-ring (bicyclic) bond motifs is 3. The number of nitrogens with zero attached hydrogens (tertiary/aromatic N) is 1. The predicted octanol–water partition coefficient (Wildman–Crippen LogP) is 2.96. The highest BCUT2D eigenvalue weighted by Crippen LogP contribution is 2.34. The smallest absolute Gasteiger partial charge is 0.248 e. The maximum absolute atomic E-state index is 12.7. The third-order valence-corrected chi connectivity index (χ3v) is 5.01. The van der Waals surface area contributed by atoms with Gasteiger partial charge in [0.25, 0.3) is 0 Å². The molecule has 0 bridgehead atoms. The van der Waals surface area contributed by atoms with Gasteiger partial charge in [-0.3, -0.25) is 4.79 Å². The Hall–Kier alpha value is -2.33. The Labute approximate surface area is 148 Å². The molecule has 0 aliphatic carbocycles. The van der Waals surface area contributed by atoms with Crippen molar-refractivity contribution < 1.29 is 9.53 Å². The van der Waals surface area contributed by atoms with E-state index in [0.717, 1.165) is 17.7 Å². The fourth-order valence-electron chi connectivity index (χ4n) is 3.81. The summed E-state index contributed by atoms with van der Waals surface area (Å²) in [5.74, 6) is 0.0580. The van der Waals surface area contributed by atoms with Gasteiger partial charge in [-0.1, -0.05) is 36.4 Å². The number of morpholine rings is 1. The third-order valence-electron chi connectivity index (χ3n) is 5.01. The van der Waals surface area contributed by atoms with Crippen LogP contribution in [0.2, 0.25) is 0 Å². The Morgan fingerprint density at radius 3 is 2.72 bits per heavy atom. The van der Waals surface area contributed by atoms with Crippen LogP contribution in [0.25, 0.3) is 16.5 Å². The first kappa shape index (κ1) is 16.2. The van der Waals surface area contributed by atoms with E-state index in [1.54, 1.807) is 6.08 Å². The van der Waals surface area contributed by atoms with E-state index < -0.39 is 0 Å². The lowest BCUT2D eigenvalue weighted by Gasteiger charge is -2.36. The summed E-state index contributed by atoms with van der Waals surface area (Å²) in [5, 5.41) is 6.09. The van der Waals surface area contributed by atoms with Gasteiger partial charge in [-0.25, -0.2) is 0 Å². The van der Waals surface area contributed by atoms with Crippen molar-refractivity contribution in [1.82, 2.24) is 10.2 Å². The van der Waals surface area contributed by atoms with E-state index in [4.69, 9.17) is 4.74 Å². The van der Waals surface area contributed by atoms with Crippen LogP contribution in [0.4, 0.5) is 0 Å². The molecule has 1 fully saturated rings. The standard InChI is InChI=1S/C21H24N2O2/c1-21(2)14-18-16-6-4-3-5-15(16)7-8-17(18)19(22-21)13-20(24)23-9-11-25-12-10-23/h3-8,13,22H,9-12,14H2,1-2H3. The largest absolute Gasteiger partial charge is 0.379 e. The van der Waals surface area contributed by atoms with Gasteiger partial charge in [-0.05, 0) is 36.6 Å². The number of ether oxygens (including phenoxy) is 1. The van der Waals surface area contributed by atoms with E-state index in [1.807, 2.05) is 4.90 Å². The Balaban J connectivity index is 1.78. The van der Waals surface area contributed by atoms with Crippen LogP contribution in [0.15, 0.2) is 42.5 Å². The zero-order valence-electron chi connectivity index (χ0n) is 14.8. The van der Waals surface area contributed by atoms with E-state index in [9.17, 15) is 4.79 Å². The second-order valence-electron chi connectivity index (χ2n) is 7.49. The van der Waals surface area contributed by atoms with Crippen molar-refractivity contribution in [2.45, 2.75) is 25.8 Å². The molecule has 0 radical (unpaired) electrons. The Kier molecular flexibility index (Phi) is 4.00. The quantitative estimate of drug-likeness (QED) is 0.814. The van der Waals surface area contributed by atoms with Crippen molar-refractivity contribution in [3.05, 3.63) is 53.6 Å². The average Bonchev–Trinajstić information content (AvgIpc) is 2.61. The van der Waals surface area contributed by atoms with Crippen molar-refractivity contribution in [3.8, 4) is 0 Å². The molecule has 4 rings (SSSR count). The van der Waals surface area contributed by atoms with E-state index in [1.165, 1.54) is 16.3 Å². The van der Waals surface area contributed by atoms with Gasteiger partial charge in [0, 0.05) is 36.0 Å². The third kappa shape index (κ3) is 3.14. The van der Waals surface area contributed by atoms with Gasteiger partial charge in [0.05, 0.1) is 13.2 Å². The number of hydrogen-bond acceptors (Lipinski definition) is 3. The van der Waals surface area contributed by atoms with Crippen molar-refractivity contribution in [2.24, 2.45) is 0 Å². The molecule has 0 aromatic heterocycles. The molecule has 2 aliphatic rings. The summed E-state index contributed by atoms with van der Waals surface area (Å²) in [7, 11) is 0. The van der Waals surface area contributed by atoms with Crippen LogP contribution in [0.3, 0.4) is 0 Å². The maximum Gasteiger partial charge on any atom is 0.248 e. The second kappa shape index (κ2) is 6.19. The predicted molar refractivity (Wildman–Crippen MR) is 100 cm³/mol. The van der Waals surface area contributed by atoms with Gasteiger partial charge in [0.2, 0.25) is 5.91 Å². The zero-order valence-corrected chi connectivity index (χ0v) is 14.8. The minimum Gasteiger partial charge on any atom is -0.379 e. The summed E-state index contributed by atoms with van der Waals surface area (Å²) in [6, 6.07) is 12.8. The van der Waals surface area contributed by atoms with E-state index in [2.05, 4.69) is 55.6 Å². The van der Waals surface area contributed by atoms with Crippen LogP contribution >= 0.6 is 0 Å². The fraction of sp³-hybridized carbons (Fsp3) is 0.381. The van der Waals surface area contributed by atoms with Crippen LogP contribution < -0.4 is 5.32 Å². The van der Waals surface area contributed by atoms with Gasteiger partial charge < -0.3 is 15.0 Å². The molecule has 2 aromatic rings. The molecule has 2 heterocycles. The molecule has 2 aromatic carbocycles. The Morgan fingerprint density at radius 2 is 1.92 bits per heavy atom. The topological polar surface area (TPSA) is 41.6 Å². The number of carbonyl (C=O) groups excluding carboxylic acids is 1. The lowest BCUT2D eigenvalue weighted by Crippen LogP contribution is -2.45. The highest BCUT2D eigenvalue weighted by Gasteiger charge is 2.29. The molecule has 0 atom stereocenters. The normalized spacial score (nSPS) is 21.0. The minimum absolute atomic E-state index is 0.0580. The van der Waals surface area contributed by atoms with Gasteiger partial charge in [0.1, 0.15) is 0 Å². The highest BCUT2D eigenvalue weighted by atomic mass is 16.5. The molecule has 0 saturated carbocycles. The van der Waals surface area contributed by atoms with Gasteiger partial charge in [0.15, 0.2) is 0 Å². The number of amides is 1. The zero-order chi connectivity index (χ0) is 17.4. The minimum atomic E-state index is -0.0890. The first-order chi connectivity index (χ1) is 12.0. The summed E-state index contributed by atoms with van der Waals surface area (Å²) in [6.07, 6.45) is 2.70. The molecular formula is C21H24N2O2. The maximum atomic E-state index is 12.7. The lowest BCUT2D eigenvalue weighted by atomic mass is 9.83. The number of rotatable bonds is 1. The van der Waals surface area contributed by atoms with E-state index >= 15 is 0 Å². The van der Waals surface area contributed by atoms with E-state index in [-0.39, 0.29) is 11.4 Å². The molecule has 0 spiro atoms. The van der Waals surface area contributed by atoms with Crippen molar-refractivity contribution in [2.75, 3.05) is 26.3 Å². The molecule has 4 heteroatoms. The first-order valence-corrected chi connectivity index (χ1v) is 8.91. The molecule has 25 heavy (non-hydrogen) atoms. The van der Waals surface area contributed by atoms with Crippen LogP contribution in [0.5, 0.6) is 0 Å². The summed E-state index contributed by atoms with van der Waals surface area (Å²) < 4.78 is 5.35. The molecule has 1 saturated heterocycles. The number of carbonyl (C=O) groups is 1. The van der Waals surface area contributed by atoms with Crippen molar-refractivity contribution in [1.29, 1.82) is 0 Å². The lowest BCUT2D eigenvalue weighted by molar-refractivity contribution is -0.129. The SMILES string of the molecule is CC1(C)Cc2c(ccc3ccccc23)C(=CC(=O)N2CCOCC2)N1. The van der Waals surface area contributed by atoms with Crippen molar-refractivity contribution >= 4 is 22.4 Å². The molecule has 4 nitrogen and oxygen atoms in total. The molecule has 130 valence electrons. The molecular weight excluding hydrogens is 312 g/mol. The Bertz CT molecular complexity index is 848. The van der Waals surface area contributed by atoms with Gasteiger partial charge in [-0.15, -0.1) is 0 Å². The highest BCUT2D eigenvalue weighted by molar-refractivity contribution is 5.98. The van der Waals surface area contributed by atoms with Crippen LogP contribution in [0.1, 0.15) is 25.0 Å². The summed E-state index contributed by atoms with van der Waals surface area (Å²) in [5.41, 5.74) is 3.30. The monoisotopic (exact) mass is 336 g/mol. The van der Waals surface area contributed by atoms with Gasteiger partial charge in [-0.2, -0.15) is 0 Å². The van der Waals surface area contributed by atoms with E-state index in [0.29, 0.717) is 26.3 Å². The summed E-state index contributed by atoms with van der Waals surface area (Å²) in [6.45, 7) is 6.94. The fourth-order valence-corrected chi connectivity index (χ4v) is 3.81. The second-order valence-corrected chi connectivity index (χ2v) is 7.49. The molecule has 0 unspecified atom stereocenters. The summed E-state index contributed by atoms with van der Waals surface area (Å²) >= 11 is 0. The number of benzene rings is 2. The van der Waals surface area contributed by atoms with Crippen molar-refractivity contribution in [3.63, 3.8) is 0 Å². The molecule has 1 N–H and O–H groups in total. The van der Waals surface area contributed by atoms with Gasteiger partial charge >= 0.3 is 0 Å². The number of hydrogen-bond donors (Lipinski definition) is 1. The Morgan fingerprint density at radius 1 is 1.16 bits per heavy atom.